The van der Waals surface area contributed by atoms with Crippen molar-refractivity contribution in [3.63, 3.8) is 0 Å². The molecule has 0 bridgehead atoms. The van der Waals surface area contributed by atoms with E-state index in [4.69, 9.17) is 22.8 Å². The highest BCUT2D eigenvalue weighted by atomic mass is 35.5. The fraction of sp³-hybridized carbons (Fsp3) is 0.200. The lowest BCUT2D eigenvalue weighted by molar-refractivity contribution is -0.144. The van der Waals surface area contributed by atoms with Crippen LogP contribution in [0.1, 0.15) is 5.69 Å². The minimum Gasteiger partial charge on any atom is -0.479 e. The maximum absolute atomic E-state index is 12.9. The van der Waals surface area contributed by atoms with Crippen LogP contribution in [0.25, 0.3) is 5.69 Å². The van der Waals surface area contributed by atoms with E-state index in [1.807, 2.05) is 0 Å². The minimum absolute atomic E-state index is 0.000548. The Morgan fingerprint density at radius 1 is 1.29 bits per heavy atom. The van der Waals surface area contributed by atoms with Crippen molar-refractivity contribution in [2.45, 2.75) is 6.18 Å². The van der Waals surface area contributed by atoms with E-state index < -0.39 is 23.1 Å². The van der Waals surface area contributed by atoms with Gasteiger partial charge in [-0.05, 0) is 12.1 Å². The fourth-order valence-corrected chi connectivity index (χ4v) is 2.19. The summed E-state index contributed by atoms with van der Waals surface area (Å²) in [6, 6.07) is 4.28. The van der Waals surface area contributed by atoms with Crippen LogP contribution in [-0.4, -0.2) is 15.7 Å². The Balaban J connectivity index is 2.76. The number of ether oxygens (including phenoxy) is 1. The Labute approximate surface area is 138 Å². The first kappa shape index (κ1) is 17.7. The van der Waals surface area contributed by atoms with E-state index >= 15 is 0 Å². The van der Waals surface area contributed by atoms with Crippen LogP contribution in [-0.2, 0) is 13.2 Å². The van der Waals surface area contributed by atoms with Gasteiger partial charge in [-0.1, -0.05) is 17.5 Å². The van der Waals surface area contributed by atoms with Gasteiger partial charge in [0.25, 0.3) is 5.56 Å². The van der Waals surface area contributed by atoms with Gasteiger partial charge in [-0.2, -0.15) is 13.2 Å². The molecule has 0 radical (unpaired) electrons. The lowest BCUT2D eigenvalue weighted by Crippen LogP contribution is -2.40. The molecule has 0 saturated heterocycles. The van der Waals surface area contributed by atoms with Crippen LogP contribution in [0.5, 0.6) is 5.75 Å². The topological polar surface area (TPSA) is 53.2 Å². The van der Waals surface area contributed by atoms with Gasteiger partial charge >= 0.3 is 11.9 Å². The average molecular weight is 359 g/mol. The van der Waals surface area contributed by atoms with Gasteiger partial charge in [0.2, 0.25) is 0 Å². The van der Waals surface area contributed by atoms with Gasteiger partial charge in [0, 0.05) is 24.2 Å². The summed E-state index contributed by atoms with van der Waals surface area (Å²) >= 11 is 5.83. The maximum atomic E-state index is 12.9. The Kier molecular flexibility index (Phi) is 4.76. The molecule has 2 rings (SSSR count). The number of hydrogen-bond donors (Lipinski definition) is 0. The van der Waals surface area contributed by atoms with Gasteiger partial charge in [-0.3, -0.25) is 9.36 Å². The second-order valence-electron chi connectivity index (χ2n) is 4.65. The molecule has 1 aromatic carbocycles. The van der Waals surface area contributed by atoms with Crippen molar-refractivity contribution in [3.05, 3.63) is 55.8 Å². The summed E-state index contributed by atoms with van der Waals surface area (Å²) in [6.07, 6.45) is 0.249. The van der Waals surface area contributed by atoms with Gasteiger partial charge in [-0.15, -0.1) is 6.42 Å². The van der Waals surface area contributed by atoms with Crippen molar-refractivity contribution in [1.82, 2.24) is 9.13 Å². The third kappa shape index (κ3) is 3.31. The number of rotatable bonds is 3. The molecule has 0 aliphatic carbocycles. The molecule has 24 heavy (non-hydrogen) atoms. The number of terminal acetylenes is 1. The van der Waals surface area contributed by atoms with Gasteiger partial charge in [0.15, 0.2) is 0 Å². The molecule has 0 spiro atoms. The quantitative estimate of drug-likeness (QED) is 0.791. The highest BCUT2D eigenvalue weighted by Gasteiger charge is 2.35. The van der Waals surface area contributed by atoms with Crippen LogP contribution < -0.4 is 16.0 Å². The Bertz CT molecular complexity index is 939. The molecule has 126 valence electrons. The van der Waals surface area contributed by atoms with Crippen LogP contribution >= 0.6 is 11.6 Å². The standard InChI is InChI=1S/C15H10ClF3N2O3/c1-3-6-24-11-7-9(16)4-5-10(11)21-13(22)8-12(15(17,18)19)20(2)14(21)23/h1,4-5,7-8H,6H2,2H3. The highest BCUT2D eigenvalue weighted by molar-refractivity contribution is 6.30. The molecule has 0 aliphatic rings. The molecule has 0 atom stereocenters. The lowest BCUT2D eigenvalue weighted by atomic mass is 10.2. The Hall–Kier alpha value is -2.66. The number of alkyl halides is 3. The average Bonchev–Trinajstić information content (AvgIpc) is 2.49. The molecular formula is C15H10ClF3N2O3. The molecule has 0 amide bonds. The molecule has 0 fully saturated rings. The monoisotopic (exact) mass is 358 g/mol. The van der Waals surface area contributed by atoms with E-state index in [-0.39, 0.29) is 23.1 Å². The summed E-state index contributed by atoms with van der Waals surface area (Å²) in [5.74, 6) is 2.20. The number of aromatic nitrogens is 2. The molecule has 0 N–H and O–H groups in total. The summed E-state index contributed by atoms with van der Waals surface area (Å²) in [7, 11) is 0.916. The van der Waals surface area contributed by atoms with Gasteiger partial charge in [0.1, 0.15) is 18.1 Å². The predicted molar refractivity (Wildman–Crippen MR) is 81.6 cm³/mol. The molecular weight excluding hydrogens is 349 g/mol. The Morgan fingerprint density at radius 2 is 1.96 bits per heavy atom. The second kappa shape index (κ2) is 6.45. The van der Waals surface area contributed by atoms with Gasteiger partial charge in [-0.25, -0.2) is 9.36 Å². The number of halogens is 4. The zero-order chi connectivity index (χ0) is 18.1. The first-order chi connectivity index (χ1) is 11.2. The molecule has 2 aromatic rings. The third-order valence-electron chi connectivity index (χ3n) is 3.08. The molecule has 0 saturated carbocycles. The highest BCUT2D eigenvalue weighted by Crippen LogP contribution is 2.28. The smallest absolute Gasteiger partial charge is 0.431 e. The molecule has 9 heteroatoms. The van der Waals surface area contributed by atoms with Gasteiger partial charge < -0.3 is 4.74 Å². The summed E-state index contributed by atoms with van der Waals surface area (Å²) in [6.45, 7) is -0.178. The van der Waals surface area contributed by atoms with Crippen LogP contribution in [0, 0.1) is 12.3 Å². The minimum atomic E-state index is -4.84. The van der Waals surface area contributed by atoms with Crippen molar-refractivity contribution < 1.29 is 17.9 Å². The first-order valence-corrected chi connectivity index (χ1v) is 6.81. The number of nitrogens with zero attached hydrogens (tertiary/aromatic N) is 2. The summed E-state index contributed by atoms with van der Waals surface area (Å²) < 4.78 is 44.7. The maximum Gasteiger partial charge on any atom is 0.431 e. The number of hydrogen-bond acceptors (Lipinski definition) is 3. The van der Waals surface area contributed by atoms with E-state index in [0.717, 1.165) is 7.05 Å². The van der Waals surface area contributed by atoms with Gasteiger partial charge in [0.05, 0.1) is 5.69 Å². The van der Waals surface area contributed by atoms with Crippen LogP contribution in [0.4, 0.5) is 13.2 Å². The Morgan fingerprint density at radius 3 is 2.54 bits per heavy atom. The van der Waals surface area contributed by atoms with Crippen molar-refractivity contribution in [1.29, 1.82) is 0 Å². The normalized spacial score (nSPS) is 11.2. The van der Waals surface area contributed by atoms with Crippen LogP contribution in [0.3, 0.4) is 0 Å². The summed E-state index contributed by atoms with van der Waals surface area (Å²) in [5, 5.41) is 0.238. The SMILES string of the molecule is C#CCOc1cc(Cl)ccc1-n1c(=O)cc(C(F)(F)F)n(C)c1=O. The summed E-state index contributed by atoms with van der Waals surface area (Å²) in [5.41, 5.74) is -3.75. The zero-order valence-corrected chi connectivity index (χ0v) is 13.0. The van der Waals surface area contributed by atoms with Crippen LogP contribution in [0.2, 0.25) is 5.02 Å². The molecule has 0 aliphatic heterocycles. The molecule has 1 aromatic heterocycles. The summed E-state index contributed by atoms with van der Waals surface area (Å²) in [4.78, 5) is 24.4. The zero-order valence-electron chi connectivity index (χ0n) is 12.2. The van der Waals surface area contributed by atoms with Crippen molar-refractivity contribution >= 4 is 11.6 Å². The van der Waals surface area contributed by atoms with Crippen molar-refractivity contribution in [2.24, 2.45) is 7.05 Å². The third-order valence-corrected chi connectivity index (χ3v) is 3.32. The van der Waals surface area contributed by atoms with E-state index in [2.05, 4.69) is 5.92 Å². The largest absolute Gasteiger partial charge is 0.479 e. The first-order valence-electron chi connectivity index (χ1n) is 6.43. The molecule has 1 heterocycles. The fourth-order valence-electron chi connectivity index (χ4n) is 2.03. The number of benzene rings is 1. The van der Waals surface area contributed by atoms with E-state index in [1.54, 1.807) is 0 Å². The van der Waals surface area contributed by atoms with E-state index in [0.29, 0.717) is 15.2 Å². The second-order valence-corrected chi connectivity index (χ2v) is 5.08. The van der Waals surface area contributed by atoms with Crippen LogP contribution in [0.15, 0.2) is 33.9 Å². The lowest BCUT2D eigenvalue weighted by Gasteiger charge is -2.16. The molecule has 0 unspecified atom stereocenters. The predicted octanol–water partition coefficient (Wildman–Crippen LogP) is 2.22. The van der Waals surface area contributed by atoms with E-state index in [1.165, 1.54) is 18.2 Å². The van der Waals surface area contributed by atoms with Crippen molar-refractivity contribution in [2.75, 3.05) is 6.61 Å². The van der Waals surface area contributed by atoms with Crippen molar-refractivity contribution in [3.8, 4) is 23.8 Å². The molecule has 5 nitrogen and oxygen atoms in total. The van der Waals surface area contributed by atoms with E-state index in [9.17, 15) is 22.8 Å².